The topological polar surface area (TPSA) is 65.9 Å². The summed E-state index contributed by atoms with van der Waals surface area (Å²) < 4.78 is 0. The lowest BCUT2D eigenvalue weighted by Crippen LogP contribution is -2.31. The van der Waals surface area contributed by atoms with Gasteiger partial charge in [0.15, 0.2) is 0 Å². The zero-order valence-corrected chi connectivity index (χ0v) is 10.5. The quantitative estimate of drug-likeness (QED) is 0.787. The lowest BCUT2D eigenvalue weighted by Gasteiger charge is -2.30. The van der Waals surface area contributed by atoms with Crippen molar-refractivity contribution in [2.75, 3.05) is 17.2 Å². The average Bonchev–Trinajstić information content (AvgIpc) is 2.47. The second kappa shape index (κ2) is 4.62. The predicted molar refractivity (Wildman–Crippen MR) is 74.6 cm³/mol. The number of hydrogen-bond donors (Lipinski definition) is 1. The van der Waals surface area contributed by atoms with Crippen molar-refractivity contribution in [3.63, 3.8) is 0 Å². The van der Waals surface area contributed by atoms with Crippen LogP contribution >= 0.6 is 0 Å². The highest BCUT2D eigenvalue weighted by Crippen LogP contribution is 2.26. The Labute approximate surface area is 112 Å². The molecule has 0 bridgehead atoms. The Kier molecular flexibility index (Phi) is 2.81. The highest BCUT2D eigenvalue weighted by Gasteiger charge is 2.18. The number of pyridine rings is 1. The molecule has 1 aliphatic rings. The third-order valence-electron chi connectivity index (χ3n) is 3.50. The third kappa shape index (κ3) is 2.11. The molecule has 4 nitrogen and oxygen atoms in total. The summed E-state index contributed by atoms with van der Waals surface area (Å²) in [5.41, 5.74) is 10.00. The molecule has 0 fully saturated rings. The fourth-order valence-electron chi connectivity index (χ4n) is 2.50. The van der Waals surface area contributed by atoms with Crippen molar-refractivity contribution in [3.8, 4) is 6.07 Å². The molecule has 2 N–H and O–H groups in total. The Morgan fingerprint density at radius 1 is 1.32 bits per heavy atom. The van der Waals surface area contributed by atoms with Crippen molar-refractivity contribution < 1.29 is 0 Å². The molecule has 0 aliphatic carbocycles. The molecule has 0 unspecified atom stereocenters. The molecule has 3 rings (SSSR count). The lowest BCUT2D eigenvalue weighted by atomic mass is 9.98. The number of aromatic nitrogens is 1. The Morgan fingerprint density at radius 2 is 2.21 bits per heavy atom. The van der Waals surface area contributed by atoms with Gasteiger partial charge in [-0.05, 0) is 35.7 Å². The minimum absolute atomic E-state index is 0.642. The van der Waals surface area contributed by atoms with E-state index in [1.54, 1.807) is 12.3 Å². The van der Waals surface area contributed by atoms with Gasteiger partial charge in [-0.15, -0.1) is 0 Å². The van der Waals surface area contributed by atoms with E-state index in [1.165, 1.54) is 11.1 Å². The van der Waals surface area contributed by atoms with Crippen LogP contribution in [-0.4, -0.2) is 11.5 Å². The number of fused-ring (bicyclic) bond motifs is 1. The summed E-state index contributed by atoms with van der Waals surface area (Å²) in [6, 6.07) is 11.7. The van der Waals surface area contributed by atoms with Gasteiger partial charge in [-0.25, -0.2) is 4.98 Å². The van der Waals surface area contributed by atoms with Crippen molar-refractivity contribution in [1.82, 2.24) is 4.98 Å². The van der Waals surface area contributed by atoms with Crippen molar-refractivity contribution in [3.05, 3.63) is 53.2 Å². The van der Waals surface area contributed by atoms with Gasteiger partial charge in [0.2, 0.25) is 0 Å². The Bertz CT molecular complexity index is 657. The third-order valence-corrected chi connectivity index (χ3v) is 3.50. The molecule has 1 aromatic carbocycles. The number of nitriles is 1. The molecule has 0 atom stereocenters. The Hall–Kier alpha value is -2.54. The molecule has 4 heteroatoms. The Morgan fingerprint density at radius 3 is 3.05 bits per heavy atom. The number of nitrogens with zero attached hydrogens (tertiary/aromatic N) is 3. The van der Waals surface area contributed by atoms with Crippen molar-refractivity contribution in [1.29, 1.82) is 5.26 Å². The highest BCUT2D eigenvalue weighted by atomic mass is 15.2. The summed E-state index contributed by atoms with van der Waals surface area (Å²) in [5, 5.41) is 8.94. The second-order valence-electron chi connectivity index (χ2n) is 4.67. The number of nitrogens with two attached hydrogens (primary N) is 1. The number of anilines is 2. The van der Waals surface area contributed by atoms with Crippen molar-refractivity contribution in [2.45, 2.75) is 13.0 Å². The smallest absolute Gasteiger partial charge is 0.130 e. The predicted octanol–water partition coefficient (Wildman–Crippen LogP) is 2.10. The lowest BCUT2D eigenvalue weighted by molar-refractivity contribution is 0.722. The first-order valence-electron chi connectivity index (χ1n) is 6.25. The fraction of sp³-hybridized carbons (Fsp3) is 0.200. The molecule has 0 radical (unpaired) electrons. The average molecular weight is 250 g/mol. The maximum atomic E-state index is 8.94. The molecule has 94 valence electrons. The fourth-order valence-corrected chi connectivity index (χ4v) is 2.50. The zero-order chi connectivity index (χ0) is 13.2. The SMILES string of the molecule is N#Cc1ccnc(N2CCc3c(N)cccc3C2)c1. The van der Waals surface area contributed by atoms with Crippen LogP contribution in [0.5, 0.6) is 0 Å². The Balaban J connectivity index is 1.92. The van der Waals surface area contributed by atoms with Gasteiger partial charge in [0.25, 0.3) is 0 Å². The highest BCUT2D eigenvalue weighted by molar-refractivity contribution is 5.55. The van der Waals surface area contributed by atoms with Crippen LogP contribution in [0.2, 0.25) is 0 Å². The van der Waals surface area contributed by atoms with E-state index in [0.717, 1.165) is 31.0 Å². The van der Waals surface area contributed by atoms with E-state index in [0.29, 0.717) is 5.56 Å². The van der Waals surface area contributed by atoms with Crippen molar-refractivity contribution in [2.24, 2.45) is 0 Å². The van der Waals surface area contributed by atoms with E-state index in [2.05, 4.69) is 22.0 Å². The van der Waals surface area contributed by atoms with Gasteiger partial charge in [-0.3, -0.25) is 0 Å². The first kappa shape index (κ1) is 11.5. The summed E-state index contributed by atoms with van der Waals surface area (Å²) in [6.07, 6.45) is 2.60. The van der Waals surface area contributed by atoms with Gasteiger partial charge in [0.05, 0.1) is 11.6 Å². The van der Waals surface area contributed by atoms with E-state index in [4.69, 9.17) is 11.0 Å². The van der Waals surface area contributed by atoms with Gasteiger partial charge < -0.3 is 10.6 Å². The maximum Gasteiger partial charge on any atom is 0.130 e. The maximum absolute atomic E-state index is 8.94. The molecule has 1 aliphatic heterocycles. The zero-order valence-electron chi connectivity index (χ0n) is 10.5. The summed E-state index contributed by atoms with van der Waals surface area (Å²) in [6.45, 7) is 1.67. The number of hydrogen-bond acceptors (Lipinski definition) is 4. The summed E-state index contributed by atoms with van der Waals surface area (Å²) in [5.74, 6) is 0.854. The van der Waals surface area contributed by atoms with Crippen molar-refractivity contribution >= 4 is 11.5 Å². The van der Waals surface area contributed by atoms with Crippen LogP contribution in [0.3, 0.4) is 0 Å². The molecule has 2 heterocycles. The molecule has 0 amide bonds. The molecule has 2 aromatic rings. The van der Waals surface area contributed by atoms with Crippen LogP contribution in [0.1, 0.15) is 16.7 Å². The van der Waals surface area contributed by atoms with Crippen LogP contribution < -0.4 is 10.6 Å². The minimum atomic E-state index is 0.642. The molecule has 1 aromatic heterocycles. The molecule has 0 saturated carbocycles. The summed E-state index contributed by atoms with van der Waals surface area (Å²) in [7, 11) is 0. The van der Waals surface area contributed by atoms with Gasteiger partial charge in [0, 0.05) is 25.0 Å². The number of nitrogen functional groups attached to an aromatic ring is 1. The van der Waals surface area contributed by atoms with E-state index in [-0.39, 0.29) is 0 Å². The molecular formula is C15H14N4. The largest absolute Gasteiger partial charge is 0.398 e. The second-order valence-corrected chi connectivity index (χ2v) is 4.67. The van der Waals surface area contributed by atoms with E-state index in [1.807, 2.05) is 18.2 Å². The molecule has 0 spiro atoms. The van der Waals surface area contributed by atoms with E-state index in [9.17, 15) is 0 Å². The molecular weight excluding hydrogens is 236 g/mol. The minimum Gasteiger partial charge on any atom is -0.398 e. The number of rotatable bonds is 1. The van der Waals surface area contributed by atoms with E-state index < -0.39 is 0 Å². The standard InChI is InChI=1S/C15H14N4/c16-9-11-4-6-18-15(8-11)19-7-5-13-12(10-19)2-1-3-14(13)17/h1-4,6,8H,5,7,10,17H2. The first-order chi connectivity index (χ1) is 9.28. The molecule has 19 heavy (non-hydrogen) atoms. The molecule has 0 saturated heterocycles. The van der Waals surface area contributed by atoms with Crippen LogP contribution in [0.15, 0.2) is 36.5 Å². The van der Waals surface area contributed by atoms with Gasteiger partial charge >= 0.3 is 0 Å². The van der Waals surface area contributed by atoms with Gasteiger partial charge in [0.1, 0.15) is 5.82 Å². The van der Waals surface area contributed by atoms with Crippen LogP contribution in [0, 0.1) is 11.3 Å². The van der Waals surface area contributed by atoms with Gasteiger partial charge in [-0.2, -0.15) is 5.26 Å². The van der Waals surface area contributed by atoms with Crippen LogP contribution in [0.4, 0.5) is 11.5 Å². The van der Waals surface area contributed by atoms with Crippen LogP contribution in [0.25, 0.3) is 0 Å². The summed E-state index contributed by atoms with van der Waals surface area (Å²) >= 11 is 0. The van der Waals surface area contributed by atoms with E-state index >= 15 is 0 Å². The first-order valence-corrected chi connectivity index (χ1v) is 6.25. The normalized spacial score (nSPS) is 13.7. The summed E-state index contributed by atoms with van der Waals surface area (Å²) in [4.78, 5) is 6.53. The van der Waals surface area contributed by atoms with Crippen LogP contribution in [-0.2, 0) is 13.0 Å². The van der Waals surface area contributed by atoms with Gasteiger partial charge in [-0.1, -0.05) is 12.1 Å². The monoisotopic (exact) mass is 250 g/mol. The number of benzene rings is 1.